The summed E-state index contributed by atoms with van der Waals surface area (Å²) >= 11 is 14.2. The van der Waals surface area contributed by atoms with Crippen LogP contribution in [0.25, 0.3) is 11.3 Å². The van der Waals surface area contributed by atoms with Gasteiger partial charge in [0, 0.05) is 16.5 Å². The van der Waals surface area contributed by atoms with Crippen molar-refractivity contribution in [2.45, 2.75) is 19.8 Å². The Hall–Kier alpha value is -0.780. The van der Waals surface area contributed by atoms with Crippen LogP contribution in [0.4, 0.5) is 4.39 Å². The molecule has 1 N–H and O–H groups in total. The summed E-state index contributed by atoms with van der Waals surface area (Å²) in [6.07, 6.45) is 1.70. The molecule has 0 amide bonds. The molecule has 1 aromatic carbocycles. The van der Waals surface area contributed by atoms with Gasteiger partial charge in [-0.25, -0.2) is 9.37 Å². The van der Waals surface area contributed by atoms with Crippen molar-refractivity contribution >= 4 is 39.7 Å². The minimum absolute atomic E-state index is 0.0608. The summed E-state index contributed by atoms with van der Waals surface area (Å²) in [5.41, 5.74) is 0.981. The van der Waals surface area contributed by atoms with E-state index in [1.165, 1.54) is 0 Å². The maximum atomic E-state index is 14.2. The molecule has 1 heterocycles. The maximum absolute atomic E-state index is 14.2. The summed E-state index contributed by atoms with van der Waals surface area (Å²) in [7, 11) is 0. The van der Waals surface area contributed by atoms with Gasteiger partial charge in [-0.05, 0) is 40.5 Å². The molecule has 0 radical (unpaired) electrons. The second-order valence-electron chi connectivity index (χ2n) is 4.05. The van der Waals surface area contributed by atoms with Crippen molar-refractivity contribution in [3.8, 4) is 11.3 Å². The van der Waals surface area contributed by atoms with E-state index in [1.54, 1.807) is 18.2 Å². The Morgan fingerprint density at radius 3 is 2.89 bits per heavy atom. The van der Waals surface area contributed by atoms with Crippen molar-refractivity contribution in [1.29, 1.82) is 0 Å². The number of rotatable bonds is 3. The Labute approximate surface area is 129 Å². The Bertz CT molecular complexity index is 672. The number of aromatic amines is 1. The van der Waals surface area contributed by atoms with Gasteiger partial charge >= 0.3 is 0 Å². The van der Waals surface area contributed by atoms with E-state index in [9.17, 15) is 4.39 Å². The van der Waals surface area contributed by atoms with Gasteiger partial charge in [0.2, 0.25) is 0 Å². The molecule has 100 valence electrons. The second kappa shape index (κ2) is 6.11. The Kier molecular flexibility index (Phi) is 4.71. The lowest BCUT2D eigenvalue weighted by molar-refractivity contribution is 0.630. The van der Waals surface area contributed by atoms with Crippen molar-refractivity contribution in [1.82, 2.24) is 9.97 Å². The molecule has 0 aliphatic rings. The lowest BCUT2D eigenvalue weighted by Gasteiger charge is -2.08. The fraction of sp³-hybridized carbons (Fsp3) is 0.231. The molecule has 0 aliphatic carbocycles. The van der Waals surface area contributed by atoms with Crippen LogP contribution in [0.5, 0.6) is 0 Å². The molecule has 19 heavy (non-hydrogen) atoms. The fourth-order valence-corrected chi connectivity index (χ4v) is 2.44. The zero-order valence-electron chi connectivity index (χ0n) is 10.1. The number of aryl methyl sites for hydroxylation is 1. The van der Waals surface area contributed by atoms with Gasteiger partial charge in [-0.15, -0.1) is 0 Å². The van der Waals surface area contributed by atoms with Crippen molar-refractivity contribution in [2.75, 3.05) is 0 Å². The number of H-pyrrole nitrogens is 1. The van der Waals surface area contributed by atoms with Gasteiger partial charge in [-0.2, -0.15) is 0 Å². The minimum Gasteiger partial charge on any atom is -0.343 e. The van der Waals surface area contributed by atoms with Crippen molar-refractivity contribution in [3.63, 3.8) is 0 Å². The van der Waals surface area contributed by atoms with E-state index in [2.05, 4.69) is 25.9 Å². The van der Waals surface area contributed by atoms with Gasteiger partial charge in [0.1, 0.15) is 10.5 Å². The predicted octanol–water partition coefficient (Wildman–Crippen LogP) is 5.31. The Morgan fingerprint density at radius 1 is 1.47 bits per heavy atom. The first kappa shape index (κ1) is 14.6. The summed E-state index contributed by atoms with van der Waals surface area (Å²) in [4.78, 5) is 7.31. The van der Waals surface area contributed by atoms with E-state index in [0.29, 0.717) is 20.4 Å². The number of halogens is 3. The normalized spacial score (nSPS) is 10.7. The largest absolute Gasteiger partial charge is 0.343 e. The lowest BCUT2D eigenvalue weighted by Crippen LogP contribution is -1.98. The molecule has 2 nitrogen and oxygen atoms in total. The van der Waals surface area contributed by atoms with Crippen molar-refractivity contribution < 1.29 is 4.39 Å². The van der Waals surface area contributed by atoms with Crippen LogP contribution in [0.3, 0.4) is 0 Å². The third-order valence-electron chi connectivity index (χ3n) is 2.60. The van der Waals surface area contributed by atoms with Crippen LogP contribution in [0.2, 0.25) is 5.02 Å². The van der Waals surface area contributed by atoms with Gasteiger partial charge in [0.25, 0.3) is 0 Å². The van der Waals surface area contributed by atoms with Gasteiger partial charge < -0.3 is 4.98 Å². The average molecular weight is 362 g/mol. The molecule has 0 unspecified atom stereocenters. The van der Waals surface area contributed by atoms with Crippen LogP contribution in [-0.4, -0.2) is 9.97 Å². The summed E-state index contributed by atoms with van der Waals surface area (Å²) in [6, 6.07) is 5.00. The summed E-state index contributed by atoms with van der Waals surface area (Å²) in [5.74, 6) is 0.277. The molecule has 0 bridgehead atoms. The van der Waals surface area contributed by atoms with E-state index < -0.39 is 5.82 Å². The number of aromatic nitrogens is 2. The molecule has 0 fully saturated rings. The summed E-state index contributed by atoms with van der Waals surface area (Å²) in [6.45, 7) is 2.04. The number of benzene rings is 1. The zero-order chi connectivity index (χ0) is 14.0. The quantitative estimate of drug-likeness (QED) is 0.592. The Morgan fingerprint density at radius 2 is 2.21 bits per heavy atom. The number of nitrogens with one attached hydrogen (secondary N) is 1. The highest BCUT2D eigenvalue weighted by atomic mass is 79.9. The molecule has 1 aromatic heterocycles. The van der Waals surface area contributed by atoms with Gasteiger partial charge in [0.05, 0.1) is 10.7 Å². The summed E-state index contributed by atoms with van der Waals surface area (Å²) < 4.78 is 15.1. The maximum Gasteiger partial charge on any atom is 0.152 e. The smallest absolute Gasteiger partial charge is 0.152 e. The highest BCUT2D eigenvalue weighted by Gasteiger charge is 2.13. The van der Waals surface area contributed by atoms with E-state index in [0.717, 1.165) is 18.7 Å². The molecule has 0 spiro atoms. The first-order chi connectivity index (χ1) is 9.02. The van der Waals surface area contributed by atoms with Crippen LogP contribution >= 0.6 is 39.7 Å². The number of nitrogens with zero attached hydrogens (tertiary/aromatic N) is 1. The molecule has 0 aliphatic heterocycles. The van der Waals surface area contributed by atoms with Crippen molar-refractivity contribution in [3.05, 3.63) is 44.0 Å². The molecule has 2 rings (SSSR count). The first-order valence-corrected chi connectivity index (χ1v) is 7.35. The number of hydrogen-bond donors (Lipinski definition) is 1. The van der Waals surface area contributed by atoms with Crippen LogP contribution in [-0.2, 0) is 6.42 Å². The minimum atomic E-state index is -0.477. The molecule has 0 atom stereocenters. The zero-order valence-corrected chi connectivity index (χ0v) is 13.3. The standard InChI is InChI=1S/C13H11BrClFN2S/c1-2-3-10-17-9(6-11(19)18-10)7-4-5-8(14)12(15)13(7)16/h4-6H,2-3H2,1H3,(H,17,18,19). The highest BCUT2D eigenvalue weighted by Crippen LogP contribution is 2.32. The summed E-state index contributed by atoms with van der Waals surface area (Å²) in [5, 5.41) is 0.0608. The lowest BCUT2D eigenvalue weighted by atomic mass is 10.1. The Balaban J connectivity index is 2.59. The SMILES string of the molecule is CCCc1nc(=S)cc(-c2ccc(Br)c(Cl)c2F)[nH]1. The fourth-order valence-electron chi connectivity index (χ4n) is 1.74. The van der Waals surface area contributed by atoms with E-state index in [-0.39, 0.29) is 5.02 Å². The molecular weight excluding hydrogens is 351 g/mol. The second-order valence-corrected chi connectivity index (χ2v) is 5.70. The van der Waals surface area contributed by atoms with Gasteiger partial charge in [0.15, 0.2) is 5.82 Å². The average Bonchev–Trinajstić information content (AvgIpc) is 2.36. The molecular formula is C13H11BrClFN2S. The highest BCUT2D eigenvalue weighted by molar-refractivity contribution is 9.10. The monoisotopic (exact) mass is 360 g/mol. The van der Waals surface area contributed by atoms with E-state index in [4.69, 9.17) is 23.8 Å². The van der Waals surface area contributed by atoms with Gasteiger partial charge in [-0.1, -0.05) is 30.7 Å². The van der Waals surface area contributed by atoms with E-state index in [1.807, 2.05) is 6.92 Å². The van der Waals surface area contributed by atoms with Crippen LogP contribution in [0.15, 0.2) is 22.7 Å². The van der Waals surface area contributed by atoms with Crippen LogP contribution in [0, 0.1) is 10.5 Å². The van der Waals surface area contributed by atoms with Crippen LogP contribution < -0.4 is 0 Å². The molecule has 0 saturated carbocycles. The third kappa shape index (κ3) is 3.22. The van der Waals surface area contributed by atoms with Gasteiger partial charge in [-0.3, -0.25) is 0 Å². The number of hydrogen-bond acceptors (Lipinski definition) is 2. The topological polar surface area (TPSA) is 28.7 Å². The predicted molar refractivity (Wildman–Crippen MR) is 81.5 cm³/mol. The molecule has 2 aromatic rings. The molecule has 6 heteroatoms. The molecule has 0 saturated heterocycles. The van der Waals surface area contributed by atoms with E-state index >= 15 is 0 Å². The third-order valence-corrected chi connectivity index (χ3v) is 4.07. The van der Waals surface area contributed by atoms with Crippen LogP contribution in [0.1, 0.15) is 19.2 Å². The van der Waals surface area contributed by atoms with Crippen molar-refractivity contribution in [2.24, 2.45) is 0 Å². The first-order valence-electron chi connectivity index (χ1n) is 5.77.